The van der Waals surface area contributed by atoms with Gasteiger partial charge in [-0.05, 0) is 49.7 Å². The van der Waals surface area contributed by atoms with Crippen LogP contribution in [0.5, 0.6) is 0 Å². The average Bonchev–Trinajstić information content (AvgIpc) is 3.57. The standard InChI is InChI=1S/C27H32FN5O/c1-29-26(34)17-33-14-21(13-30-33)18-7-9-19(10-8-18)22-15-32(16-25(22)31(2)3)24-12-11-20-5-4-6-23(28)27(20)24/h4-10,13-14,22,24-25H,11-12,15-17H2,1-3H3,(H,29,34)/t22-,24?,25+/m1/s1. The monoisotopic (exact) mass is 461 g/mol. The van der Waals surface area contributed by atoms with E-state index in [2.05, 4.69) is 64.6 Å². The van der Waals surface area contributed by atoms with Gasteiger partial charge >= 0.3 is 0 Å². The van der Waals surface area contributed by atoms with Gasteiger partial charge < -0.3 is 10.2 Å². The Kier molecular flexibility index (Phi) is 6.23. The van der Waals surface area contributed by atoms with Gasteiger partial charge in [-0.2, -0.15) is 5.10 Å². The molecule has 0 bridgehead atoms. The number of hydrogen-bond donors (Lipinski definition) is 1. The summed E-state index contributed by atoms with van der Waals surface area (Å²) < 4.78 is 16.4. The summed E-state index contributed by atoms with van der Waals surface area (Å²) in [5.41, 5.74) is 5.44. The Morgan fingerprint density at radius 1 is 1.15 bits per heavy atom. The maximum Gasteiger partial charge on any atom is 0.241 e. The quantitative estimate of drug-likeness (QED) is 0.611. The van der Waals surface area contributed by atoms with Gasteiger partial charge in [0.15, 0.2) is 0 Å². The van der Waals surface area contributed by atoms with Crippen molar-refractivity contribution in [3.63, 3.8) is 0 Å². The van der Waals surface area contributed by atoms with E-state index < -0.39 is 0 Å². The van der Waals surface area contributed by atoms with E-state index in [4.69, 9.17) is 0 Å². The number of likely N-dealkylation sites (tertiary alicyclic amines) is 1. The first-order valence-corrected chi connectivity index (χ1v) is 12.0. The molecular weight excluding hydrogens is 429 g/mol. The Labute approximate surface area is 200 Å². The Morgan fingerprint density at radius 2 is 1.94 bits per heavy atom. The molecule has 1 amide bonds. The van der Waals surface area contributed by atoms with Crippen LogP contribution >= 0.6 is 0 Å². The molecule has 1 saturated heterocycles. The second-order valence-electron chi connectivity index (χ2n) is 9.68. The number of rotatable bonds is 6. The molecule has 2 aliphatic rings. The zero-order valence-corrected chi connectivity index (χ0v) is 20.0. The van der Waals surface area contributed by atoms with Gasteiger partial charge in [0.05, 0.1) is 6.20 Å². The van der Waals surface area contributed by atoms with Gasteiger partial charge in [-0.1, -0.05) is 36.4 Å². The molecule has 1 N–H and O–H groups in total. The van der Waals surface area contributed by atoms with Gasteiger partial charge in [0.1, 0.15) is 12.4 Å². The van der Waals surface area contributed by atoms with Crippen molar-refractivity contribution < 1.29 is 9.18 Å². The number of nitrogens with zero attached hydrogens (tertiary/aromatic N) is 4. The fourth-order valence-electron chi connectivity index (χ4n) is 5.64. The number of carbonyl (C=O) groups excluding carboxylic acids is 1. The van der Waals surface area contributed by atoms with E-state index in [0.717, 1.165) is 48.2 Å². The zero-order valence-electron chi connectivity index (χ0n) is 20.0. The van der Waals surface area contributed by atoms with Crippen LogP contribution in [-0.2, 0) is 17.8 Å². The van der Waals surface area contributed by atoms with E-state index in [9.17, 15) is 9.18 Å². The lowest BCUT2D eigenvalue weighted by Gasteiger charge is -2.26. The molecule has 1 unspecified atom stereocenters. The number of likely N-dealkylation sites (N-methyl/N-ethyl adjacent to an activating group) is 2. The molecule has 1 aromatic heterocycles. The number of aromatic nitrogens is 2. The van der Waals surface area contributed by atoms with Gasteiger partial charge in [0.2, 0.25) is 5.91 Å². The third-order valence-corrected chi connectivity index (χ3v) is 7.47. The molecule has 0 saturated carbocycles. The molecule has 34 heavy (non-hydrogen) atoms. The predicted octanol–water partition coefficient (Wildman–Crippen LogP) is 3.45. The number of fused-ring (bicyclic) bond motifs is 1. The number of benzene rings is 2. The summed E-state index contributed by atoms with van der Waals surface area (Å²) in [6.07, 6.45) is 5.64. The molecule has 1 aliphatic heterocycles. The van der Waals surface area contributed by atoms with Crippen molar-refractivity contribution in [1.82, 2.24) is 24.9 Å². The van der Waals surface area contributed by atoms with Crippen LogP contribution < -0.4 is 5.32 Å². The molecular formula is C27H32FN5O. The highest BCUT2D eigenvalue weighted by Gasteiger charge is 2.41. The molecule has 178 valence electrons. The van der Waals surface area contributed by atoms with Gasteiger partial charge in [-0.3, -0.25) is 14.4 Å². The van der Waals surface area contributed by atoms with Crippen LogP contribution in [0.15, 0.2) is 54.9 Å². The first kappa shape index (κ1) is 22.7. The molecule has 3 atom stereocenters. The largest absolute Gasteiger partial charge is 0.358 e. The summed E-state index contributed by atoms with van der Waals surface area (Å²) in [6, 6.07) is 14.7. The fraction of sp³-hybridized carbons (Fsp3) is 0.407. The molecule has 6 nitrogen and oxygen atoms in total. The van der Waals surface area contributed by atoms with Crippen molar-refractivity contribution in [2.45, 2.75) is 37.4 Å². The highest BCUT2D eigenvalue weighted by Crippen LogP contribution is 2.42. The van der Waals surface area contributed by atoms with Gasteiger partial charge in [0, 0.05) is 55.5 Å². The van der Waals surface area contributed by atoms with Crippen LogP contribution in [0.4, 0.5) is 4.39 Å². The summed E-state index contributed by atoms with van der Waals surface area (Å²) in [7, 11) is 5.90. The van der Waals surface area contributed by atoms with Gasteiger partial charge in [-0.15, -0.1) is 0 Å². The number of aryl methyl sites for hydroxylation is 1. The first-order chi connectivity index (χ1) is 16.4. The fourth-order valence-corrected chi connectivity index (χ4v) is 5.64. The van der Waals surface area contributed by atoms with Crippen LogP contribution in [0.1, 0.15) is 35.1 Å². The van der Waals surface area contributed by atoms with Crippen molar-refractivity contribution in [2.75, 3.05) is 34.2 Å². The van der Waals surface area contributed by atoms with Crippen LogP contribution in [-0.4, -0.2) is 65.8 Å². The minimum atomic E-state index is -0.0738. The summed E-state index contributed by atoms with van der Waals surface area (Å²) in [4.78, 5) is 16.4. The minimum absolute atomic E-state index is 0.0637. The van der Waals surface area contributed by atoms with E-state index in [-0.39, 0.29) is 24.3 Å². The highest BCUT2D eigenvalue weighted by atomic mass is 19.1. The molecule has 1 aliphatic carbocycles. The number of amides is 1. The van der Waals surface area contributed by atoms with E-state index in [1.807, 2.05) is 12.3 Å². The number of nitrogens with one attached hydrogen (secondary N) is 1. The van der Waals surface area contributed by atoms with Crippen LogP contribution in [0.2, 0.25) is 0 Å². The second-order valence-corrected chi connectivity index (χ2v) is 9.68. The molecule has 0 spiro atoms. The lowest BCUT2D eigenvalue weighted by molar-refractivity contribution is -0.121. The number of carbonyl (C=O) groups is 1. The summed E-state index contributed by atoms with van der Waals surface area (Å²) >= 11 is 0. The Balaban J connectivity index is 1.35. The Hall–Kier alpha value is -3.03. The number of halogens is 1. The van der Waals surface area contributed by atoms with E-state index in [1.165, 1.54) is 5.56 Å². The molecule has 0 radical (unpaired) electrons. The van der Waals surface area contributed by atoms with Crippen molar-refractivity contribution in [3.8, 4) is 11.1 Å². The zero-order chi connectivity index (χ0) is 23.8. The maximum absolute atomic E-state index is 14.7. The molecule has 2 heterocycles. The van der Waals surface area contributed by atoms with E-state index in [1.54, 1.807) is 24.0 Å². The summed E-state index contributed by atoms with van der Waals surface area (Å²) in [6.45, 7) is 2.07. The third kappa shape index (κ3) is 4.26. The Bertz CT molecular complexity index is 1170. The molecule has 7 heteroatoms. The van der Waals surface area contributed by atoms with Crippen molar-refractivity contribution in [1.29, 1.82) is 0 Å². The van der Waals surface area contributed by atoms with Gasteiger partial charge in [0.25, 0.3) is 0 Å². The van der Waals surface area contributed by atoms with Crippen molar-refractivity contribution in [3.05, 3.63) is 77.4 Å². The topological polar surface area (TPSA) is 53.4 Å². The average molecular weight is 462 g/mol. The van der Waals surface area contributed by atoms with Crippen LogP contribution in [0, 0.1) is 5.82 Å². The van der Waals surface area contributed by atoms with E-state index >= 15 is 0 Å². The Morgan fingerprint density at radius 3 is 2.68 bits per heavy atom. The second kappa shape index (κ2) is 9.31. The van der Waals surface area contributed by atoms with Crippen molar-refractivity contribution in [2.24, 2.45) is 0 Å². The summed E-state index contributed by atoms with van der Waals surface area (Å²) in [5, 5.41) is 6.93. The van der Waals surface area contributed by atoms with Crippen molar-refractivity contribution >= 4 is 5.91 Å². The molecule has 3 aromatic rings. The maximum atomic E-state index is 14.7. The predicted molar refractivity (Wildman–Crippen MR) is 131 cm³/mol. The minimum Gasteiger partial charge on any atom is -0.358 e. The SMILES string of the molecule is CNC(=O)Cn1cc(-c2ccc([C@H]3CN(C4CCc5cccc(F)c54)C[C@@H]3N(C)C)cc2)cn1. The summed E-state index contributed by atoms with van der Waals surface area (Å²) in [5.74, 6) is 0.220. The van der Waals surface area contributed by atoms with Gasteiger partial charge in [-0.25, -0.2) is 4.39 Å². The van der Waals surface area contributed by atoms with Crippen LogP contribution in [0.3, 0.4) is 0 Å². The lowest BCUT2D eigenvalue weighted by atomic mass is 9.92. The lowest BCUT2D eigenvalue weighted by Crippen LogP contribution is -2.35. The molecule has 1 fully saturated rings. The molecule has 2 aromatic carbocycles. The smallest absolute Gasteiger partial charge is 0.241 e. The molecule has 5 rings (SSSR count). The van der Waals surface area contributed by atoms with E-state index in [0.29, 0.717) is 12.0 Å². The normalized spacial score (nSPS) is 22.3. The number of hydrogen-bond acceptors (Lipinski definition) is 4. The first-order valence-electron chi connectivity index (χ1n) is 12.0. The highest BCUT2D eigenvalue weighted by molar-refractivity contribution is 5.75. The van der Waals surface area contributed by atoms with Crippen LogP contribution in [0.25, 0.3) is 11.1 Å². The third-order valence-electron chi connectivity index (χ3n) is 7.47.